The molecule has 4 heterocycles. The number of aliphatic imine (C=N–C) groups is 2. The molecular weight excluding hydrogens is 586 g/mol. The van der Waals surface area contributed by atoms with Gasteiger partial charge in [0.1, 0.15) is 12.6 Å². The van der Waals surface area contributed by atoms with Crippen molar-refractivity contribution in [2.45, 2.75) is 103 Å². The van der Waals surface area contributed by atoms with E-state index in [2.05, 4.69) is 81.6 Å². The summed E-state index contributed by atoms with van der Waals surface area (Å²) in [5, 5.41) is 4.09. The predicted octanol–water partition coefficient (Wildman–Crippen LogP) is 6.79. The number of aromatic nitrogens is 2. The Bertz CT molecular complexity index is 1490. The molecule has 0 radical (unpaired) electrons. The van der Waals surface area contributed by atoms with Gasteiger partial charge in [0.25, 0.3) is 0 Å². The second-order valence-electron chi connectivity index (χ2n) is 14.1. The van der Waals surface area contributed by atoms with Gasteiger partial charge in [-0.15, -0.1) is 0 Å². The molecule has 1 aromatic heterocycles. The number of likely N-dealkylation sites (tertiary alicyclic amines) is 2. The van der Waals surface area contributed by atoms with Gasteiger partial charge in [-0.2, -0.15) is 4.98 Å². The highest BCUT2D eigenvalue weighted by molar-refractivity contribution is 5.99. The van der Waals surface area contributed by atoms with Crippen LogP contribution in [0.4, 0.5) is 0 Å². The van der Waals surface area contributed by atoms with E-state index in [-0.39, 0.29) is 11.5 Å². The molecule has 1 aliphatic carbocycles. The van der Waals surface area contributed by atoms with Gasteiger partial charge in [-0.05, 0) is 109 Å². The second kappa shape index (κ2) is 15.3. The molecule has 0 spiro atoms. The number of ether oxygens (including phenoxy) is 1. The summed E-state index contributed by atoms with van der Waals surface area (Å²) in [7, 11) is 0. The van der Waals surface area contributed by atoms with Crippen LogP contribution in [0.5, 0.6) is 0 Å². The van der Waals surface area contributed by atoms with Gasteiger partial charge in [-0.3, -0.25) is 9.89 Å². The van der Waals surface area contributed by atoms with E-state index in [0.717, 1.165) is 95.2 Å². The molecule has 2 atom stereocenters. The molecule has 2 unspecified atom stereocenters. The van der Waals surface area contributed by atoms with Gasteiger partial charge < -0.3 is 19.1 Å². The molecule has 0 saturated carbocycles. The molecule has 47 heavy (non-hydrogen) atoms. The minimum Gasteiger partial charge on any atom is -0.365 e. The molecule has 6 rings (SSSR count). The van der Waals surface area contributed by atoms with E-state index in [1.807, 2.05) is 6.92 Å². The molecule has 9 nitrogen and oxygen atoms in total. The number of benzene rings is 1. The van der Waals surface area contributed by atoms with Crippen molar-refractivity contribution in [1.82, 2.24) is 24.8 Å². The smallest absolute Gasteiger partial charge is 0.231 e. The van der Waals surface area contributed by atoms with E-state index in [1.165, 1.54) is 53.6 Å². The second-order valence-corrected chi connectivity index (χ2v) is 14.1. The highest BCUT2D eigenvalue weighted by atomic mass is 16.5. The molecule has 254 valence electrons. The molecule has 2 saturated heterocycles. The molecule has 0 N–H and O–H groups in total. The Labute approximate surface area is 281 Å². The van der Waals surface area contributed by atoms with Crippen molar-refractivity contribution in [3.63, 3.8) is 0 Å². The normalized spacial score (nSPS) is 24.4. The Balaban J connectivity index is 1.27. The Morgan fingerprint density at radius 1 is 1.15 bits per heavy atom. The first kappa shape index (κ1) is 33.6. The summed E-state index contributed by atoms with van der Waals surface area (Å²) in [6.45, 7) is 19.5. The summed E-state index contributed by atoms with van der Waals surface area (Å²) < 4.78 is 12.0. The summed E-state index contributed by atoms with van der Waals surface area (Å²) in [5.74, 6) is 2.59. The van der Waals surface area contributed by atoms with Gasteiger partial charge in [-0.1, -0.05) is 43.3 Å². The fourth-order valence-corrected chi connectivity index (χ4v) is 8.25. The van der Waals surface area contributed by atoms with Crippen LogP contribution < -0.4 is 0 Å². The molecule has 2 fully saturated rings. The number of rotatable bonds is 11. The van der Waals surface area contributed by atoms with Crippen molar-refractivity contribution >= 4 is 18.3 Å². The number of nitrogens with zero attached hydrogens (tertiary/aromatic N) is 7. The highest BCUT2D eigenvalue weighted by Gasteiger charge is 2.36. The third kappa shape index (κ3) is 7.41. The monoisotopic (exact) mass is 641 g/mol. The lowest BCUT2D eigenvalue weighted by Gasteiger charge is -2.38. The van der Waals surface area contributed by atoms with Crippen LogP contribution >= 0.6 is 0 Å². The quantitative estimate of drug-likeness (QED) is 0.152. The van der Waals surface area contributed by atoms with E-state index in [0.29, 0.717) is 19.2 Å². The fraction of sp³-hybridized carbons (Fsp3) is 0.632. The zero-order valence-electron chi connectivity index (χ0n) is 29.3. The van der Waals surface area contributed by atoms with Crippen LogP contribution in [0.25, 0.3) is 5.70 Å². The lowest BCUT2D eigenvalue weighted by atomic mass is 9.93. The lowest BCUT2D eigenvalue weighted by molar-refractivity contribution is 0.0273. The molecular formula is C38H55N7O2. The number of piperidine rings is 1. The number of amidine groups is 1. The number of aryl methyl sites for hydroxylation is 3. The topological polar surface area (TPSA) is 82.6 Å². The SMILES string of the molecule is C=NC1=C(C(=NCOCC2(C)CCCN2CCC)N2CCCC(c3nc(C)no3)C2)CCN(C2=CCCCc3cccc(CC)c32)C1. The standard InChI is InChI=1S/C38H55N7O2/c1-6-20-45-22-12-19-38(45,4)26-46-27-40-36(44-21-11-16-31(24-44)37-41-28(3)42-47-37)32-18-23-43(25-33(32)39-5)34-17-9-8-13-30-15-10-14-29(7-2)35(30)34/h10,14-15,17,31H,5-9,11-13,16,18-27H2,1-4H3. The number of fused-ring (bicyclic) bond motifs is 1. The molecule has 0 amide bonds. The zero-order valence-corrected chi connectivity index (χ0v) is 29.3. The van der Waals surface area contributed by atoms with E-state index in [1.54, 1.807) is 0 Å². The average Bonchev–Trinajstić information content (AvgIpc) is 3.62. The minimum absolute atomic E-state index is 0.0796. The van der Waals surface area contributed by atoms with Crippen molar-refractivity contribution in [2.75, 3.05) is 52.6 Å². The molecule has 3 aliphatic heterocycles. The van der Waals surface area contributed by atoms with Gasteiger partial charge >= 0.3 is 0 Å². The number of hydrogen-bond donors (Lipinski definition) is 0. The average molecular weight is 642 g/mol. The van der Waals surface area contributed by atoms with E-state index < -0.39 is 0 Å². The van der Waals surface area contributed by atoms with Crippen LogP contribution in [0, 0.1) is 6.92 Å². The Morgan fingerprint density at radius 2 is 2.04 bits per heavy atom. The van der Waals surface area contributed by atoms with Crippen molar-refractivity contribution in [2.24, 2.45) is 9.98 Å². The van der Waals surface area contributed by atoms with Crippen LogP contribution in [-0.2, 0) is 17.6 Å². The van der Waals surface area contributed by atoms with Gasteiger partial charge in [0.2, 0.25) is 5.89 Å². The van der Waals surface area contributed by atoms with Crippen molar-refractivity contribution < 1.29 is 9.26 Å². The van der Waals surface area contributed by atoms with E-state index in [9.17, 15) is 0 Å². The summed E-state index contributed by atoms with van der Waals surface area (Å²) in [6.07, 6.45) is 13.4. The third-order valence-corrected chi connectivity index (χ3v) is 10.7. The summed E-state index contributed by atoms with van der Waals surface area (Å²) >= 11 is 0. The van der Waals surface area contributed by atoms with E-state index >= 15 is 0 Å². The fourth-order valence-electron chi connectivity index (χ4n) is 8.25. The molecule has 1 aromatic carbocycles. The summed E-state index contributed by atoms with van der Waals surface area (Å²) in [5.41, 5.74) is 8.00. The largest absolute Gasteiger partial charge is 0.365 e. The highest BCUT2D eigenvalue weighted by Crippen LogP contribution is 2.36. The third-order valence-electron chi connectivity index (χ3n) is 10.7. The van der Waals surface area contributed by atoms with Crippen LogP contribution in [0.3, 0.4) is 0 Å². The van der Waals surface area contributed by atoms with Crippen LogP contribution in [0.1, 0.15) is 106 Å². The minimum atomic E-state index is 0.0796. The Kier molecular flexibility index (Phi) is 10.9. The van der Waals surface area contributed by atoms with Gasteiger partial charge in [0.15, 0.2) is 5.82 Å². The number of hydrogen-bond acceptors (Lipinski definition) is 8. The predicted molar refractivity (Wildman–Crippen MR) is 190 cm³/mol. The zero-order chi connectivity index (χ0) is 32.8. The maximum Gasteiger partial charge on any atom is 0.231 e. The van der Waals surface area contributed by atoms with Gasteiger partial charge in [-0.25, -0.2) is 4.99 Å². The first-order chi connectivity index (χ1) is 22.9. The van der Waals surface area contributed by atoms with Crippen LogP contribution in [-0.4, -0.2) is 95.5 Å². The lowest BCUT2D eigenvalue weighted by Crippen LogP contribution is -2.45. The van der Waals surface area contributed by atoms with Crippen LogP contribution in [0.15, 0.2) is 50.1 Å². The Morgan fingerprint density at radius 3 is 2.83 bits per heavy atom. The maximum atomic E-state index is 6.40. The molecule has 9 heteroatoms. The number of allylic oxidation sites excluding steroid dienone is 1. The van der Waals surface area contributed by atoms with Gasteiger partial charge in [0, 0.05) is 42.0 Å². The molecule has 0 bridgehead atoms. The molecule has 2 aromatic rings. The maximum absolute atomic E-state index is 6.40. The van der Waals surface area contributed by atoms with Gasteiger partial charge in [0.05, 0.1) is 24.8 Å². The first-order valence-electron chi connectivity index (χ1n) is 18.1. The van der Waals surface area contributed by atoms with Crippen molar-refractivity contribution in [1.29, 1.82) is 0 Å². The molecule has 4 aliphatic rings. The van der Waals surface area contributed by atoms with Crippen molar-refractivity contribution in [3.05, 3.63) is 64.0 Å². The van der Waals surface area contributed by atoms with E-state index in [4.69, 9.17) is 14.3 Å². The van der Waals surface area contributed by atoms with Crippen LogP contribution in [0.2, 0.25) is 0 Å². The first-order valence-corrected chi connectivity index (χ1v) is 18.1. The summed E-state index contributed by atoms with van der Waals surface area (Å²) in [4.78, 5) is 22.1. The summed E-state index contributed by atoms with van der Waals surface area (Å²) in [6, 6.07) is 6.85. The Hall–Kier alpha value is -3.30. The van der Waals surface area contributed by atoms with Crippen molar-refractivity contribution in [3.8, 4) is 0 Å².